The van der Waals surface area contributed by atoms with Crippen LogP contribution in [0.1, 0.15) is 59.3 Å². The number of nitrogens with zero attached hydrogens (tertiary/aromatic N) is 1. The van der Waals surface area contributed by atoms with Gasteiger partial charge in [-0.3, -0.25) is 0 Å². The van der Waals surface area contributed by atoms with E-state index in [1.165, 1.54) is 25.7 Å². The van der Waals surface area contributed by atoms with Crippen LogP contribution in [0.25, 0.3) is 0 Å². The first-order valence-electron chi connectivity index (χ1n) is 6.69. The van der Waals surface area contributed by atoms with Crippen LogP contribution in [0.3, 0.4) is 0 Å². The third kappa shape index (κ3) is 4.94. The fourth-order valence-electron chi connectivity index (χ4n) is 2.79. The monoisotopic (exact) mass is 241 g/mol. The highest BCUT2D eigenvalue weighted by Gasteiger charge is 2.28. The van der Waals surface area contributed by atoms with Crippen LogP contribution in [0.4, 0.5) is 0 Å². The molecule has 4 nitrogen and oxygen atoms in total. The number of hydrogen-bond acceptors (Lipinski definition) is 3. The van der Waals surface area contributed by atoms with E-state index < -0.39 is 0 Å². The van der Waals surface area contributed by atoms with Crippen molar-refractivity contribution in [2.45, 2.75) is 71.4 Å². The number of amidine groups is 1. The Labute approximate surface area is 105 Å². The highest BCUT2D eigenvalue weighted by molar-refractivity contribution is 5.80. The van der Waals surface area contributed by atoms with Crippen molar-refractivity contribution in [2.75, 3.05) is 0 Å². The third-order valence-electron chi connectivity index (χ3n) is 3.75. The molecule has 4 heteroatoms. The minimum Gasteiger partial charge on any atom is -0.409 e. The molecule has 0 aromatic carbocycles. The maximum absolute atomic E-state index is 8.60. The van der Waals surface area contributed by atoms with Crippen LogP contribution >= 0.6 is 0 Å². The van der Waals surface area contributed by atoms with Crippen LogP contribution in [-0.2, 0) is 0 Å². The lowest BCUT2D eigenvalue weighted by molar-refractivity contribution is 0.188. The summed E-state index contributed by atoms with van der Waals surface area (Å²) in [5.41, 5.74) is 6.02. The molecule has 4 N–H and O–H groups in total. The van der Waals surface area contributed by atoms with Gasteiger partial charge in [0.2, 0.25) is 0 Å². The van der Waals surface area contributed by atoms with Crippen LogP contribution in [0, 0.1) is 5.41 Å². The van der Waals surface area contributed by atoms with Crippen molar-refractivity contribution in [1.29, 1.82) is 0 Å². The molecule has 0 saturated heterocycles. The third-order valence-corrected chi connectivity index (χ3v) is 3.75. The predicted molar refractivity (Wildman–Crippen MR) is 71.3 cm³/mol. The Hall–Kier alpha value is -0.770. The second-order valence-electron chi connectivity index (χ2n) is 6.02. The molecule has 0 bridgehead atoms. The SMILES string of the molecule is CCC(CC(N)=NO)NC1CCCC(C)(C)C1. The van der Waals surface area contributed by atoms with Crippen molar-refractivity contribution in [2.24, 2.45) is 16.3 Å². The van der Waals surface area contributed by atoms with Gasteiger partial charge in [0.25, 0.3) is 0 Å². The quantitative estimate of drug-likeness (QED) is 0.300. The molecule has 0 amide bonds. The molecule has 1 saturated carbocycles. The van der Waals surface area contributed by atoms with Gasteiger partial charge in [0, 0.05) is 18.5 Å². The number of hydrogen-bond donors (Lipinski definition) is 3. The number of rotatable bonds is 5. The van der Waals surface area contributed by atoms with Gasteiger partial charge in [0.1, 0.15) is 5.84 Å². The van der Waals surface area contributed by atoms with Crippen molar-refractivity contribution < 1.29 is 5.21 Å². The molecular formula is C13H27N3O. The van der Waals surface area contributed by atoms with Crippen molar-refractivity contribution in [3.8, 4) is 0 Å². The number of nitrogens with two attached hydrogens (primary N) is 1. The van der Waals surface area contributed by atoms with E-state index in [0.29, 0.717) is 29.8 Å². The van der Waals surface area contributed by atoms with Gasteiger partial charge < -0.3 is 16.3 Å². The molecule has 0 radical (unpaired) electrons. The molecule has 0 heterocycles. The second kappa shape index (κ2) is 6.24. The van der Waals surface area contributed by atoms with Gasteiger partial charge in [-0.05, 0) is 31.1 Å². The van der Waals surface area contributed by atoms with Crippen LogP contribution in [0.15, 0.2) is 5.16 Å². The van der Waals surface area contributed by atoms with Crippen LogP contribution in [0.2, 0.25) is 0 Å². The van der Waals surface area contributed by atoms with E-state index in [1.807, 2.05) is 0 Å². The fourth-order valence-corrected chi connectivity index (χ4v) is 2.79. The molecular weight excluding hydrogens is 214 g/mol. The molecule has 17 heavy (non-hydrogen) atoms. The molecule has 1 aliphatic carbocycles. The molecule has 2 unspecified atom stereocenters. The molecule has 0 aromatic heterocycles. The molecule has 0 aliphatic heterocycles. The van der Waals surface area contributed by atoms with Crippen molar-refractivity contribution in [3.63, 3.8) is 0 Å². The Balaban J connectivity index is 2.45. The van der Waals surface area contributed by atoms with Crippen LogP contribution < -0.4 is 11.1 Å². The second-order valence-corrected chi connectivity index (χ2v) is 6.02. The Bertz CT molecular complexity index is 263. The zero-order valence-corrected chi connectivity index (χ0v) is 11.4. The number of nitrogens with one attached hydrogen (secondary N) is 1. The smallest absolute Gasteiger partial charge is 0.140 e. The van der Waals surface area contributed by atoms with E-state index in [2.05, 4.69) is 31.2 Å². The molecule has 2 atom stereocenters. The van der Waals surface area contributed by atoms with Gasteiger partial charge in [-0.2, -0.15) is 0 Å². The highest BCUT2D eigenvalue weighted by Crippen LogP contribution is 2.35. The van der Waals surface area contributed by atoms with E-state index in [9.17, 15) is 0 Å². The number of oxime groups is 1. The summed E-state index contributed by atoms with van der Waals surface area (Å²) in [5.74, 6) is 0.319. The van der Waals surface area contributed by atoms with E-state index >= 15 is 0 Å². The molecule has 1 aliphatic rings. The lowest BCUT2D eigenvalue weighted by Gasteiger charge is -2.37. The first-order valence-corrected chi connectivity index (χ1v) is 6.69. The van der Waals surface area contributed by atoms with E-state index in [1.54, 1.807) is 0 Å². The summed E-state index contributed by atoms with van der Waals surface area (Å²) < 4.78 is 0. The summed E-state index contributed by atoms with van der Waals surface area (Å²) in [4.78, 5) is 0. The topological polar surface area (TPSA) is 70.6 Å². The first kappa shape index (κ1) is 14.3. The van der Waals surface area contributed by atoms with E-state index in [4.69, 9.17) is 10.9 Å². The highest BCUT2D eigenvalue weighted by atomic mass is 16.4. The molecule has 1 fully saturated rings. The average molecular weight is 241 g/mol. The zero-order valence-electron chi connectivity index (χ0n) is 11.4. The summed E-state index contributed by atoms with van der Waals surface area (Å²) in [6.07, 6.45) is 6.72. The van der Waals surface area contributed by atoms with Crippen molar-refractivity contribution in [3.05, 3.63) is 0 Å². The van der Waals surface area contributed by atoms with Crippen molar-refractivity contribution in [1.82, 2.24) is 5.32 Å². The summed E-state index contributed by atoms with van der Waals surface area (Å²) in [7, 11) is 0. The van der Waals surface area contributed by atoms with E-state index in [0.717, 1.165) is 6.42 Å². The normalized spacial score (nSPS) is 26.8. The zero-order chi connectivity index (χ0) is 12.9. The van der Waals surface area contributed by atoms with Crippen LogP contribution in [0.5, 0.6) is 0 Å². The molecule has 0 spiro atoms. The van der Waals surface area contributed by atoms with Gasteiger partial charge in [-0.25, -0.2) is 0 Å². The largest absolute Gasteiger partial charge is 0.409 e. The van der Waals surface area contributed by atoms with Crippen LogP contribution in [-0.4, -0.2) is 23.1 Å². The van der Waals surface area contributed by atoms with Gasteiger partial charge in [-0.15, -0.1) is 0 Å². The van der Waals surface area contributed by atoms with Gasteiger partial charge in [0.05, 0.1) is 0 Å². The van der Waals surface area contributed by atoms with Gasteiger partial charge >= 0.3 is 0 Å². The Morgan fingerprint density at radius 2 is 2.29 bits per heavy atom. The van der Waals surface area contributed by atoms with E-state index in [-0.39, 0.29) is 0 Å². The summed E-state index contributed by atoms with van der Waals surface area (Å²) in [5, 5.41) is 15.3. The fraction of sp³-hybridized carbons (Fsp3) is 0.923. The lowest BCUT2D eigenvalue weighted by Crippen LogP contribution is -2.44. The predicted octanol–water partition coefficient (Wildman–Crippen LogP) is 2.46. The lowest BCUT2D eigenvalue weighted by atomic mass is 9.75. The average Bonchev–Trinajstić information content (AvgIpc) is 2.26. The first-order chi connectivity index (χ1) is 7.96. The Kier molecular flexibility index (Phi) is 5.25. The maximum atomic E-state index is 8.60. The molecule has 0 aromatic rings. The van der Waals surface area contributed by atoms with Crippen molar-refractivity contribution >= 4 is 5.84 Å². The Morgan fingerprint density at radius 3 is 2.82 bits per heavy atom. The minimum atomic E-state index is 0.319. The molecule has 1 rings (SSSR count). The summed E-state index contributed by atoms with van der Waals surface area (Å²) >= 11 is 0. The summed E-state index contributed by atoms with van der Waals surface area (Å²) in [6.45, 7) is 6.81. The standard InChI is InChI=1S/C13H27N3O/c1-4-10(8-12(14)16-17)15-11-6-5-7-13(2,3)9-11/h10-11,15,17H,4-9H2,1-3H3,(H2,14,16). The van der Waals surface area contributed by atoms with Gasteiger partial charge in [-0.1, -0.05) is 32.3 Å². The maximum Gasteiger partial charge on any atom is 0.140 e. The summed E-state index contributed by atoms with van der Waals surface area (Å²) in [6, 6.07) is 0.903. The Morgan fingerprint density at radius 1 is 1.59 bits per heavy atom. The van der Waals surface area contributed by atoms with Gasteiger partial charge in [0.15, 0.2) is 0 Å². The minimum absolute atomic E-state index is 0.319. The molecule has 100 valence electrons.